The van der Waals surface area contributed by atoms with Gasteiger partial charge in [-0.1, -0.05) is 6.07 Å². The highest BCUT2D eigenvalue weighted by molar-refractivity contribution is 7.89. The molecule has 2 fully saturated rings. The molecule has 0 aromatic carbocycles. The summed E-state index contributed by atoms with van der Waals surface area (Å²) in [5.74, 6) is -1.48. The van der Waals surface area contributed by atoms with Gasteiger partial charge in [0, 0.05) is 30.9 Å². The maximum absolute atomic E-state index is 12.0. The van der Waals surface area contributed by atoms with E-state index in [0.717, 1.165) is 19.4 Å². The molecule has 0 saturated carbocycles. The number of piperidine rings is 1. The highest BCUT2D eigenvalue weighted by Gasteiger charge is 2.52. The number of alkyl halides is 3. The zero-order valence-corrected chi connectivity index (χ0v) is 17.6. The molecule has 1 unspecified atom stereocenters. The first-order valence-corrected chi connectivity index (χ1v) is 11.0. The van der Waals surface area contributed by atoms with E-state index in [0.29, 0.717) is 31.5 Å². The summed E-state index contributed by atoms with van der Waals surface area (Å²) < 4.78 is 63.1. The average molecular weight is 453 g/mol. The number of carboxylic acid groups (broad SMARTS) is 1. The van der Waals surface area contributed by atoms with Gasteiger partial charge in [-0.25, -0.2) is 18.2 Å². The smallest absolute Gasteiger partial charge is 0.477 e. The van der Waals surface area contributed by atoms with Gasteiger partial charge < -0.3 is 9.84 Å². The molecular weight excluding hydrogens is 427 g/mol. The molecule has 30 heavy (non-hydrogen) atoms. The number of halogens is 3. The minimum Gasteiger partial charge on any atom is -0.477 e. The number of carbonyl (C=O) groups is 1. The SMILES string of the molecule is CCS(=O)(=O)N1CC2(CC(COc3ccccn3)CCN2C)C1.O=C(O)C(F)(F)F. The van der Waals surface area contributed by atoms with Gasteiger partial charge in [-0.3, -0.25) is 4.90 Å². The Morgan fingerprint density at radius 2 is 2.00 bits per heavy atom. The number of likely N-dealkylation sites (tertiary alicyclic amines) is 1. The van der Waals surface area contributed by atoms with Gasteiger partial charge in [0.15, 0.2) is 0 Å². The van der Waals surface area contributed by atoms with Crippen molar-refractivity contribution >= 4 is 16.0 Å². The second-order valence-corrected chi connectivity index (χ2v) is 9.71. The third-order valence-electron chi connectivity index (χ3n) is 5.40. The van der Waals surface area contributed by atoms with Crippen molar-refractivity contribution in [2.24, 2.45) is 5.92 Å². The quantitative estimate of drug-likeness (QED) is 0.726. The van der Waals surface area contributed by atoms with Gasteiger partial charge in [0.2, 0.25) is 15.9 Å². The van der Waals surface area contributed by atoms with E-state index in [9.17, 15) is 21.6 Å². The minimum absolute atomic E-state index is 0.0152. The van der Waals surface area contributed by atoms with Crippen LogP contribution in [0.2, 0.25) is 0 Å². The van der Waals surface area contributed by atoms with Crippen LogP contribution in [-0.2, 0) is 14.8 Å². The number of hydrogen-bond acceptors (Lipinski definition) is 6. The van der Waals surface area contributed by atoms with Gasteiger partial charge in [-0.2, -0.15) is 17.5 Å². The summed E-state index contributed by atoms with van der Waals surface area (Å²) in [5, 5.41) is 7.12. The van der Waals surface area contributed by atoms with Crippen molar-refractivity contribution in [3.05, 3.63) is 24.4 Å². The lowest BCUT2D eigenvalue weighted by Crippen LogP contribution is -2.72. The number of pyridine rings is 1. The summed E-state index contributed by atoms with van der Waals surface area (Å²) >= 11 is 0. The number of sulfonamides is 1. The average Bonchev–Trinajstić information content (AvgIpc) is 2.66. The molecule has 8 nitrogen and oxygen atoms in total. The number of aliphatic carboxylic acids is 1. The third-order valence-corrected chi connectivity index (χ3v) is 7.17. The van der Waals surface area contributed by atoms with Crippen LogP contribution in [0.5, 0.6) is 5.88 Å². The molecule has 3 rings (SSSR count). The second kappa shape index (κ2) is 9.48. The molecule has 1 atom stereocenters. The largest absolute Gasteiger partial charge is 0.490 e. The van der Waals surface area contributed by atoms with E-state index >= 15 is 0 Å². The standard InChI is InChI=1S/C16H25N3O3S.C2HF3O2/c1-3-23(20,21)19-12-16(13-19)10-14(7-9-18(16)2)11-22-15-6-4-5-8-17-15;3-2(4,5)1(6)7/h4-6,8,14H,3,7,9-13H2,1-2H3;(H,6,7). The lowest BCUT2D eigenvalue weighted by Gasteiger charge is -2.57. The van der Waals surface area contributed by atoms with Gasteiger partial charge >= 0.3 is 12.1 Å². The molecule has 0 aliphatic carbocycles. The van der Waals surface area contributed by atoms with Crippen LogP contribution in [0.1, 0.15) is 19.8 Å². The molecule has 3 heterocycles. The van der Waals surface area contributed by atoms with Gasteiger partial charge in [0.1, 0.15) is 0 Å². The van der Waals surface area contributed by atoms with Crippen LogP contribution in [0, 0.1) is 5.92 Å². The van der Waals surface area contributed by atoms with E-state index in [2.05, 4.69) is 16.9 Å². The molecule has 1 spiro atoms. The Labute approximate surface area is 173 Å². The predicted octanol–water partition coefficient (Wildman–Crippen LogP) is 1.84. The summed E-state index contributed by atoms with van der Waals surface area (Å²) in [7, 11) is -0.965. The highest BCUT2D eigenvalue weighted by atomic mass is 32.2. The molecule has 0 radical (unpaired) electrons. The van der Waals surface area contributed by atoms with Crippen LogP contribution in [-0.4, -0.2) is 84.4 Å². The Morgan fingerprint density at radius 3 is 2.50 bits per heavy atom. The zero-order chi connectivity index (χ0) is 22.6. The fourth-order valence-electron chi connectivity index (χ4n) is 3.55. The minimum atomic E-state index is -5.08. The second-order valence-electron chi connectivity index (χ2n) is 7.46. The Bertz CT molecular complexity index is 814. The maximum atomic E-state index is 12.0. The number of aromatic nitrogens is 1. The van der Waals surface area contributed by atoms with E-state index in [4.69, 9.17) is 14.6 Å². The number of hydrogen-bond donors (Lipinski definition) is 1. The van der Waals surface area contributed by atoms with Crippen molar-refractivity contribution < 1.29 is 36.2 Å². The van der Waals surface area contributed by atoms with E-state index in [1.165, 1.54) is 0 Å². The highest BCUT2D eigenvalue weighted by Crippen LogP contribution is 2.39. The van der Waals surface area contributed by atoms with Crippen molar-refractivity contribution in [3.63, 3.8) is 0 Å². The molecule has 0 amide bonds. The molecule has 1 N–H and O–H groups in total. The first-order valence-electron chi connectivity index (χ1n) is 9.42. The molecule has 2 aliphatic rings. The molecule has 2 saturated heterocycles. The Morgan fingerprint density at radius 1 is 1.37 bits per heavy atom. The van der Waals surface area contributed by atoms with Crippen LogP contribution in [0.25, 0.3) is 0 Å². The van der Waals surface area contributed by atoms with Crippen LogP contribution in [0.3, 0.4) is 0 Å². The topological polar surface area (TPSA) is 100 Å². The number of rotatable bonds is 5. The Hall–Kier alpha value is -1.92. The van der Waals surface area contributed by atoms with Crippen molar-refractivity contribution in [1.82, 2.24) is 14.2 Å². The Kier molecular flexibility index (Phi) is 7.69. The maximum Gasteiger partial charge on any atom is 0.490 e. The van der Waals surface area contributed by atoms with Crippen molar-refractivity contribution in [2.45, 2.75) is 31.5 Å². The predicted molar refractivity (Wildman–Crippen MR) is 103 cm³/mol. The number of ether oxygens (including phenoxy) is 1. The molecule has 2 aliphatic heterocycles. The lowest BCUT2D eigenvalue weighted by atomic mass is 9.77. The van der Waals surface area contributed by atoms with Crippen LogP contribution < -0.4 is 4.74 Å². The third kappa shape index (κ3) is 6.05. The summed E-state index contributed by atoms with van der Waals surface area (Å²) in [5.41, 5.74) is -0.0152. The van der Waals surface area contributed by atoms with Crippen LogP contribution in [0.4, 0.5) is 13.2 Å². The van der Waals surface area contributed by atoms with Crippen molar-refractivity contribution in [2.75, 3.05) is 39.0 Å². The molecule has 12 heteroatoms. The van der Waals surface area contributed by atoms with Gasteiger partial charge in [-0.15, -0.1) is 0 Å². The van der Waals surface area contributed by atoms with E-state index < -0.39 is 22.2 Å². The fourth-order valence-corrected chi connectivity index (χ4v) is 4.79. The van der Waals surface area contributed by atoms with Crippen LogP contribution in [0.15, 0.2) is 24.4 Å². The van der Waals surface area contributed by atoms with Crippen LogP contribution >= 0.6 is 0 Å². The Balaban J connectivity index is 0.000000396. The van der Waals surface area contributed by atoms with Crippen molar-refractivity contribution in [3.8, 4) is 5.88 Å². The molecular formula is C18H26F3N3O5S. The summed E-state index contributed by atoms with van der Waals surface area (Å²) in [4.78, 5) is 15.4. The number of likely N-dealkylation sites (N-methyl/N-ethyl adjacent to an activating group) is 1. The molecule has 1 aromatic rings. The first-order chi connectivity index (χ1) is 13.9. The summed E-state index contributed by atoms with van der Waals surface area (Å²) in [6, 6.07) is 5.65. The number of nitrogens with zero attached hydrogens (tertiary/aromatic N) is 3. The van der Waals surface area contributed by atoms with Gasteiger partial charge in [-0.05, 0) is 45.3 Å². The molecule has 1 aromatic heterocycles. The monoisotopic (exact) mass is 453 g/mol. The number of carboxylic acids is 1. The first kappa shape index (κ1) is 24.4. The van der Waals surface area contributed by atoms with Gasteiger partial charge in [0.05, 0.1) is 12.4 Å². The lowest BCUT2D eigenvalue weighted by molar-refractivity contribution is -0.192. The summed E-state index contributed by atoms with van der Waals surface area (Å²) in [6.45, 7) is 4.55. The van der Waals surface area contributed by atoms with E-state index in [-0.39, 0.29) is 11.3 Å². The zero-order valence-electron chi connectivity index (χ0n) is 16.8. The van der Waals surface area contributed by atoms with Crippen molar-refractivity contribution in [1.29, 1.82) is 0 Å². The molecule has 0 bridgehead atoms. The molecule has 170 valence electrons. The fraction of sp³-hybridized carbons (Fsp3) is 0.667. The summed E-state index contributed by atoms with van der Waals surface area (Å²) in [6.07, 6.45) is -1.30. The van der Waals surface area contributed by atoms with Gasteiger partial charge in [0.25, 0.3) is 0 Å². The van der Waals surface area contributed by atoms with E-state index in [1.54, 1.807) is 17.4 Å². The normalized spacial score (nSPS) is 22.0. The van der Waals surface area contributed by atoms with E-state index in [1.807, 2.05) is 18.2 Å².